The number of rotatable bonds is 8. The highest BCUT2D eigenvalue weighted by molar-refractivity contribution is 5.97. The van der Waals surface area contributed by atoms with Crippen LogP contribution in [0, 0.1) is 29.9 Å². The average Bonchev–Trinajstić information content (AvgIpc) is 3.04. The van der Waals surface area contributed by atoms with Crippen LogP contribution in [0.1, 0.15) is 48.9 Å². The predicted octanol–water partition coefficient (Wildman–Crippen LogP) is 4.73. The first-order valence-corrected chi connectivity index (χ1v) is 9.85. The molecule has 0 unspecified atom stereocenters. The Morgan fingerprint density at radius 1 is 1.23 bits per heavy atom. The molecule has 1 aromatic carbocycles. The van der Waals surface area contributed by atoms with Crippen molar-refractivity contribution in [3.8, 4) is 5.75 Å². The third-order valence-corrected chi connectivity index (χ3v) is 5.81. The molecule has 0 radical (unpaired) electrons. The van der Waals surface area contributed by atoms with Crippen LogP contribution in [0.25, 0.3) is 5.65 Å². The van der Waals surface area contributed by atoms with Crippen molar-refractivity contribution in [1.82, 2.24) is 9.38 Å². The minimum absolute atomic E-state index is 0.102. The molecule has 0 amide bonds. The number of aliphatic hydroxyl groups is 1. The molecule has 160 valence electrons. The summed E-state index contributed by atoms with van der Waals surface area (Å²) in [6.45, 7) is 7.15. The molecule has 7 heteroatoms. The SMILES string of the molecule is Cc1nc2c(OCc3c(F)cccc3F)cccn2c1C(=O)C[C@@](C)(CO)C(C)C. The quantitative estimate of drug-likeness (QED) is 0.540. The van der Waals surface area contributed by atoms with Crippen molar-refractivity contribution in [1.29, 1.82) is 0 Å². The molecule has 0 saturated carbocycles. The van der Waals surface area contributed by atoms with E-state index in [-0.39, 0.29) is 36.9 Å². The zero-order valence-electron chi connectivity index (χ0n) is 17.6. The molecule has 0 aliphatic carbocycles. The maximum absolute atomic E-state index is 13.9. The normalized spacial score (nSPS) is 13.6. The number of carbonyl (C=O) groups is 1. The number of hydrogen-bond donors (Lipinski definition) is 1. The van der Waals surface area contributed by atoms with E-state index >= 15 is 0 Å². The van der Waals surface area contributed by atoms with E-state index in [4.69, 9.17) is 4.74 Å². The number of aromatic nitrogens is 2. The second kappa shape index (κ2) is 8.52. The van der Waals surface area contributed by atoms with Gasteiger partial charge in [-0.2, -0.15) is 0 Å². The number of aliphatic hydroxyl groups excluding tert-OH is 1. The first-order chi connectivity index (χ1) is 14.2. The van der Waals surface area contributed by atoms with Crippen LogP contribution in [0.2, 0.25) is 0 Å². The molecule has 3 aromatic rings. The molecule has 0 aliphatic rings. The van der Waals surface area contributed by atoms with Gasteiger partial charge in [0, 0.05) is 24.6 Å². The van der Waals surface area contributed by atoms with Crippen molar-refractivity contribution in [2.45, 2.75) is 40.7 Å². The molecule has 0 spiro atoms. The maximum atomic E-state index is 13.9. The smallest absolute Gasteiger partial charge is 0.182 e. The lowest BCUT2D eigenvalue weighted by Crippen LogP contribution is -2.31. The van der Waals surface area contributed by atoms with Gasteiger partial charge in [0.1, 0.15) is 23.9 Å². The fourth-order valence-corrected chi connectivity index (χ4v) is 3.32. The van der Waals surface area contributed by atoms with Gasteiger partial charge in [-0.15, -0.1) is 0 Å². The Kier molecular flexibility index (Phi) is 6.22. The molecule has 0 fully saturated rings. The standard InChI is InChI=1S/C23H26F2N2O3/c1-14(2)23(4,13-28)11-19(29)21-15(3)26-22-20(9-6-10-27(21)22)30-12-16-17(24)7-5-8-18(16)25/h5-10,14,28H,11-13H2,1-4H3/t23-/m0/s1. The molecular weight excluding hydrogens is 390 g/mol. The summed E-state index contributed by atoms with van der Waals surface area (Å²) in [5, 5.41) is 9.80. The summed E-state index contributed by atoms with van der Waals surface area (Å²) in [7, 11) is 0. The molecule has 1 atom stereocenters. The minimum atomic E-state index is -0.686. The van der Waals surface area contributed by atoms with Crippen molar-refractivity contribution in [2.24, 2.45) is 11.3 Å². The number of fused-ring (bicyclic) bond motifs is 1. The lowest BCUT2D eigenvalue weighted by atomic mass is 9.75. The zero-order valence-corrected chi connectivity index (χ0v) is 17.6. The molecule has 30 heavy (non-hydrogen) atoms. The Morgan fingerprint density at radius 3 is 2.50 bits per heavy atom. The number of aryl methyl sites for hydroxylation is 1. The molecular formula is C23H26F2N2O3. The highest BCUT2D eigenvalue weighted by atomic mass is 19.1. The van der Waals surface area contributed by atoms with E-state index in [1.54, 1.807) is 29.7 Å². The number of pyridine rings is 1. The number of ether oxygens (including phenoxy) is 1. The first kappa shape index (κ1) is 21.9. The highest BCUT2D eigenvalue weighted by Crippen LogP contribution is 2.33. The molecule has 0 aliphatic heterocycles. The van der Waals surface area contributed by atoms with E-state index < -0.39 is 17.0 Å². The van der Waals surface area contributed by atoms with E-state index in [2.05, 4.69) is 4.98 Å². The predicted molar refractivity (Wildman–Crippen MR) is 110 cm³/mol. The number of benzene rings is 1. The van der Waals surface area contributed by atoms with Crippen LogP contribution in [-0.4, -0.2) is 26.9 Å². The van der Waals surface area contributed by atoms with Gasteiger partial charge >= 0.3 is 0 Å². The van der Waals surface area contributed by atoms with Crippen molar-refractivity contribution in [3.05, 3.63) is 65.1 Å². The van der Waals surface area contributed by atoms with E-state index in [1.807, 2.05) is 20.8 Å². The Balaban J connectivity index is 1.93. The van der Waals surface area contributed by atoms with Crippen LogP contribution >= 0.6 is 0 Å². The minimum Gasteiger partial charge on any atom is -0.485 e. The van der Waals surface area contributed by atoms with Crippen molar-refractivity contribution >= 4 is 11.4 Å². The second-order valence-electron chi connectivity index (χ2n) is 8.17. The van der Waals surface area contributed by atoms with Crippen LogP contribution in [0.3, 0.4) is 0 Å². The third kappa shape index (κ3) is 4.07. The van der Waals surface area contributed by atoms with E-state index in [0.29, 0.717) is 22.8 Å². The molecule has 2 aromatic heterocycles. The second-order valence-corrected chi connectivity index (χ2v) is 8.17. The molecule has 3 rings (SSSR count). The monoisotopic (exact) mass is 416 g/mol. The van der Waals surface area contributed by atoms with Gasteiger partial charge < -0.3 is 9.84 Å². The summed E-state index contributed by atoms with van der Waals surface area (Å²) in [4.78, 5) is 17.5. The van der Waals surface area contributed by atoms with Gasteiger partial charge in [0.2, 0.25) is 0 Å². The summed E-state index contributed by atoms with van der Waals surface area (Å²) in [5.74, 6) is -1.08. The lowest BCUT2D eigenvalue weighted by Gasteiger charge is -2.30. The Morgan fingerprint density at radius 2 is 1.90 bits per heavy atom. The maximum Gasteiger partial charge on any atom is 0.182 e. The number of carbonyl (C=O) groups excluding carboxylic acids is 1. The zero-order chi connectivity index (χ0) is 22.1. The number of nitrogens with zero attached hydrogens (tertiary/aromatic N) is 2. The van der Waals surface area contributed by atoms with Gasteiger partial charge in [-0.1, -0.05) is 26.8 Å². The van der Waals surface area contributed by atoms with Crippen molar-refractivity contribution in [3.63, 3.8) is 0 Å². The van der Waals surface area contributed by atoms with Crippen LogP contribution < -0.4 is 4.74 Å². The summed E-state index contributed by atoms with van der Waals surface area (Å²) in [6, 6.07) is 6.96. The molecule has 0 saturated heterocycles. The third-order valence-electron chi connectivity index (χ3n) is 5.81. The molecule has 2 heterocycles. The number of hydrogen-bond acceptors (Lipinski definition) is 4. The molecule has 5 nitrogen and oxygen atoms in total. The number of imidazole rings is 1. The number of ketones is 1. The topological polar surface area (TPSA) is 63.8 Å². The average molecular weight is 416 g/mol. The van der Waals surface area contributed by atoms with Gasteiger partial charge in [-0.3, -0.25) is 9.20 Å². The number of Topliss-reactive ketones (excluding diaryl/α,β-unsaturated/α-hetero) is 1. The molecule has 1 N–H and O–H groups in total. The van der Waals surface area contributed by atoms with E-state index in [9.17, 15) is 18.7 Å². The summed E-state index contributed by atoms with van der Waals surface area (Å²) < 4.78 is 35.1. The van der Waals surface area contributed by atoms with Crippen LogP contribution in [0.5, 0.6) is 5.75 Å². The Bertz CT molecular complexity index is 1060. The number of halogens is 2. The summed E-state index contributed by atoms with van der Waals surface area (Å²) in [5.41, 5.74) is 0.606. The van der Waals surface area contributed by atoms with E-state index in [1.165, 1.54) is 18.2 Å². The van der Waals surface area contributed by atoms with Crippen molar-refractivity contribution in [2.75, 3.05) is 6.61 Å². The van der Waals surface area contributed by atoms with Gasteiger partial charge in [-0.05, 0) is 37.1 Å². The van der Waals surface area contributed by atoms with Gasteiger partial charge in [0.25, 0.3) is 0 Å². The summed E-state index contributed by atoms with van der Waals surface area (Å²) in [6.07, 6.45) is 1.87. The van der Waals surface area contributed by atoms with Gasteiger partial charge in [0.05, 0.1) is 11.3 Å². The van der Waals surface area contributed by atoms with Crippen LogP contribution in [0.4, 0.5) is 8.78 Å². The van der Waals surface area contributed by atoms with Gasteiger partial charge in [0.15, 0.2) is 17.2 Å². The lowest BCUT2D eigenvalue weighted by molar-refractivity contribution is 0.0656. The fourth-order valence-electron chi connectivity index (χ4n) is 3.32. The first-order valence-electron chi connectivity index (χ1n) is 9.85. The van der Waals surface area contributed by atoms with Crippen molar-refractivity contribution < 1.29 is 23.4 Å². The van der Waals surface area contributed by atoms with E-state index in [0.717, 1.165) is 0 Å². The molecule has 0 bridgehead atoms. The van der Waals surface area contributed by atoms with Crippen LogP contribution in [0.15, 0.2) is 36.5 Å². The Labute approximate surface area is 174 Å². The van der Waals surface area contributed by atoms with Gasteiger partial charge in [-0.25, -0.2) is 13.8 Å². The highest BCUT2D eigenvalue weighted by Gasteiger charge is 2.32. The fraction of sp³-hybridized carbons (Fsp3) is 0.391. The summed E-state index contributed by atoms with van der Waals surface area (Å²) >= 11 is 0. The largest absolute Gasteiger partial charge is 0.485 e. The van der Waals surface area contributed by atoms with Crippen LogP contribution in [-0.2, 0) is 6.61 Å². The Hall–Kier alpha value is -2.80.